The molecule has 0 bridgehead atoms. The molecule has 33 heavy (non-hydrogen) atoms. The number of aryl methyl sites for hydroxylation is 1. The van der Waals surface area contributed by atoms with E-state index in [-0.39, 0.29) is 23.9 Å². The standard InChI is InChI=1S/C25H31N5O3/c1-4-17-12-19(13-27-21(17)26)28-22(31)23(32)30-14-16(2)29(24(33)25(3)10-11-25)15-20(30)18-8-6-5-7-9-18/h5-9,12-13,16,20H,4,10-11,14-15H2,1-3H3,(H2,26,27)(H,28,31)/t16-,20-/m1/s1. The number of nitrogens with two attached hydrogens (primary N) is 1. The number of hydrogen-bond donors (Lipinski definition) is 2. The molecule has 1 aliphatic heterocycles. The SMILES string of the molecule is CCc1cc(NC(=O)C(=O)N2C[C@@H](C)N(C(=O)C3(C)CC3)C[C@@H]2c2ccccc2)cnc1N. The first kappa shape index (κ1) is 22.8. The highest BCUT2D eigenvalue weighted by atomic mass is 16.2. The zero-order chi connectivity index (χ0) is 23.8. The van der Waals surface area contributed by atoms with Crippen LogP contribution in [0.25, 0.3) is 0 Å². The van der Waals surface area contributed by atoms with Crippen LogP contribution in [0.3, 0.4) is 0 Å². The van der Waals surface area contributed by atoms with Gasteiger partial charge in [0.2, 0.25) is 5.91 Å². The van der Waals surface area contributed by atoms with E-state index in [1.54, 1.807) is 11.0 Å². The van der Waals surface area contributed by atoms with Gasteiger partial charge in [-0.2, -0.15) is 0 Å². The van der Waals surface area contributed by atoms with Crippen LogP contribution < -0.4 is 11.1 Å². The summed E-state index contributed by atoms with van der Waals surface area (Å²) in [6.07, 6.45) is 3.90. The van der Waals surface area contributed by atoms with E-state index in [1.165, 1.54) is 6.20 Å². The molecule has 0 radical (unpaired) electrons. The van der Waals surface area contributed by atoms with Gasteiger partial charge in [0.15, 0.2) is 0 Å². The molecule has 0 unspecified atom stereocenters. The van der Waals surface area contributed by atoms with Crippen LogP contribution in [0.5, 0.6) is 0 Å². The quantitative estimate of drug-likeness (QED) is 0.698. The Labute approximate surface area is 194 Å². The fraction of sp³-hybridized carbons (Fsp3) is 0.440. The lowest BCUT2D eigenvalue weighted by atomic mass is 9.97. The second-order valence-corrected chi connectivity index (χ2v) is 9.33. The van der Waals surface area contributed by atoms with Crippen molar-refractivity contribution in [3.63, 3.8) is 0 Å². The van der Waals surface area contributed by atoms with E-state index in [0.717, 1.165) is 24.0 Å². The van der Waals surface area contributed by atoms with E-state index in [4.69, 9.17) is 5.73 Å². The summed E-state index contributed by atoms with van der Waals surface area (Å²) in [5.74, 6) is -0.821. The first-order valence-electron chi connectivity index (χ1n) is 11.5. The van der Waals surface area contributed by atoms with Crippen LogP contribution in [0.2, 0.25) is 0 Å². The van der Waals surface area contributed by atoms with Crippen LogP contribution in [-0.4, -0.2) is 51.6 Å². The Balaban J connectivity index is 1.57. The number of benzene rings is 1. The monoisotopic (exact) mass is 449 g/mol. The lowest BCUT2D eigenvalue weighted by molar-refractivity contribution is -0.153. The van der Waals surface area contributed by atoms with Gasteiger partial charge in [-0.3, -0.25) is 14.4 Å². The number of anilines is 2. The average Bonchev–Trinajstić information content (AvgIpc) is 3.58. The zero-order valence-corrected chi connectivity index (χ0v) is 19.4. The van der Waals surface area contributed by atoms with Gasteiger partial charge >= 0.3 is 11.8 Å². The number of nitrogens with zero attached hydrogens (tertiary/aromatic N) is 3. The van der Waals surface area contributed by atoms with Crippen LogP contribution >= 0.6 is 0 Å². The van der Waals surface area contributed by atoms with Crippen molar-refractivity contribution < 1.29 is 14.4 Å². The predicted molar refractivity (Wildman–Crippen MR) is 126 cm³/mol. The Bertz CT molecular complexity index is 1070. The largest absolute Gasteiger partial charge is 0.383 e. The molecule has 8 nitrogen and oxygen atoms in total. The molecular weight excluding hydrogens is 418 g/mol. The van der Waals surface area contributed by atoms with Crippen molar-refractivity contribution in [2.24, 2.45) is 5.41 Å². The lowest BCUT2D eigenvalue weighted by Gasteiger charge is -2.46. The third-order valence-corrected chi connectivity index (χ3v) is 6.80. The number of amides is 3. The van der Waals surface area contributed by atoms with Gasteiger partial charge in [0.05, 0.1) is 17.9 Å². The van der Waals surface area contributed by atoms with Crippen LogP contribution in [0.1, 0.15) is 50.8 Å². The molecule has 2 aromatic rings. The number of aromatic nitrogens is 1. The van der Waals surface area contributed by atoms with Crippen LogP contribution in [-0.2, 0) is 20.8 Å². The highest BCUT2D eigenvalue weighted by Gasteiger charge is 2.50. The van der Waals surface area contributed by atoms with Gasteiger partial charge in [0.1, 0.15) is 5.82 Å². The zero-order valence-electron chi connectivity index (χ0n) is 19.4. The molecule has 1 aliphatic carbocycles. The minimum atomic E-state index is -0.731. The molecule has 2 atom stereocenters. The maximum atomic E-state index is 13.3. The van der Waals surface area contributed by atoms with E-state index >= 15 is 0 Å². The molecule has 1 saturated heterocycles. The molecule has 2 heterocycles. The summed E-state index contributed by atoms with van der Waals surface area (Å²) in [6, 6.07) is 10.7. The summed E-state index contributed by atoms with van der Waals surface area (Å²) < 4.78 is 0. The number of carbonyl (C=O) groups excluding carboxylic acids is 3. The summed E-state index contributed by atoms with van der Waals surface area (Å²) in [5.41, 5.74) is 7.68. The molecule has 1 aromatic carbocycles. The van der Waals surface area contributed by atoms with Crippen molar-refractivity contribution in [1.29, 1.82) is 0 Å². The van der Waals surface area contributed by atoms with Crippen molar-refractivity contribution in [2.75, 3.05) is 24.1 Å². The van der Waals surface area contributed by atoms with Gasteiger partial charge in [-0.15, -0.1) is 0 Å². The summed E-state index contributed by atoms with van der Waals surface area (Å²) in [7, 11) is 0. The molecule has 3 N–H and O–H groups in total. The van der Waals surface area contributed by atoms with Gasteiger partial charge in [-0.1, -0.05) is 44.2 Å². The Morgan fingerprint density at radius 1 is 1.15 bits per heavy atom. The highest BCUT2D eigenvalue weighted by Crippen LogP contribution is 2.47. The minimum absolute atomic E-state index is 0.132. The van der Waals surface area contributed by atoms with Crippen molar-refractivity contribution >= 4 is 29.2 Å². The first-order chi connectivity index (χ1) is 15.7. The van der Waals surface area contributed by atoms with Crippen molar-refractivity contribution in [3.05, 3.63) is 53.7 Å². The number of hydrogen-bond acceptors (Lipinski definition) is 5. The molecule has 174 valence electrons. The van der Waals surface area contributed by atoms with Gasteiger partial charge in [0, 0.05) is 24.5 Å². The topological polar surface area (TPSA) is 109 Å². The Hall–Kier alpha value is -3.42. The maximum absolute atomic E-state index is 13.3. The van der Waals surface area contributed by atoms with E-state index < -0.39 is 17.9 Å². The molecule has 2 aliphatic rings. The average molecular weight is 450 g/mol. The van der Waals surface area contributed by atoms with E-state index in [9.17, 15) is 14.4 Å². The summed E-state index contributed by atoms with van der Waals surface area (Å²) >= 11 is 0. The number of piperazine rings is 1. The fourth-order valence-electron chi connectivity index (χ4n) is 4.38. The Morgan fingerprint density at radius 2 is 1.85 bits per heavy atom. The van der Waals surface area contributed by atoms with Crippen molar-refractivity contribution in [2.45, 2.75) is 52.1 Å². The molecule has 1 saturated carbocycles. The van der Waals surface area contributed by atoms with E-state index in [2.05, 4.69) is 10.3 Å². The molecular formula is C25H31N5O3. The van der Waals surface area contributed by atoms with Gasteiger partial charge in [-0.25, -0.2) is 4.98 Å². The van der Waals surface area contributed by atoms with E-state index in [1.807, 2.05) is 56.0 Å². The highest BCUT2D eigenvalue weighted by molar-refractivity contribution is 6.39. The third kappa shape index (κ3) is 4.55. The number of carbonyl (C=O) groups is 3. The summed E-state index contributed by atoms with van der Waals surface area (Å²) in [6.45, 7) is 6.52. The number of nitrogens with one attached hydrogen (secondary N) is 1. The predicted octanol–water partition coefficient (Wildman–Crippen LogP) is 2.77. The summed E-state index contributed by atoms with van der Waals surface area (Å²) in [4.78, 5) is 46.9. The Morgan fingerprint density at radius 3 is 2.48 bits per heavy atom. The lowest BCUT2D eigenvalue weighted by Crippen LogP contribution is -2.59. The van der Waals surface area contributed by atoms with Crippen LogP contribution in [0.15, 0.2) is 42.6 Å². The Kier molecular flexibility index (Phi) is 6.10. The normalized spacial score (nSPS) is 21.4. The molecule has 2 fully saturated rings. The number of nitrogen functional groups attached to an aromatic ring is 1. The fourth-order valence-corrected chi connectivity index (χ4v) is 4.38. The molecule has 0 spiro atoms. The first-order valence-corrected chi connectivity index (χ1v) is 11.5. The second-order valence-electron chi connectivity index (χ2n) is 9.33. The molecule has 8 heteroatoms. The molecule has 4 rings (SSSR count). The van der Waals surface area contributed by atoms with Gasteiger partial charge in [-0.05, 0) is 43.4 Å². The second kappa shape index (κ2) is 8.84. The minimum Gasteiger partial charge on any atom is -0.383 e. The molecule has 1 aromatic heterocycles. The third-order valence-electron chi connectivity index (χ3n) is 6.80. The number of pyridine rings is 1. The number of rotatable bonds is 4. The van der Waals surface area contributed by atoms with Gasteiger partial charge < -0.3 is 20.9 Å². The van der Waals surface area contributed by atoms with Gasteiger partial charge in [0.25, 0.3) is 0 Å². The van der Waals surface area contributed by atoms with E-state index in [0.29, 0.717) is 24.5 Å². The smallest absolute Gasteiger partial charge is 0.313 e. The van der Waals surface area contributed by atoms with Crippen molar-refractivity contribution in [1.82, 2.24) is 14.8 Å². The van der Waals surface area contributed by atoms with Crippen LogP contribution in [0.4, 0.5) is 11.5 Å². The molecule has 3 amide bonds. The maximum Gasteiger partial charge on any atom is 0.313 e. The van der Waals surface area contributed by atoms with Crippen LogP contribution in [0, 0.1) is 5.41 Å². The van der Waals surface area contributed by atoms with Crippen molar-refractivity contribution in [3.8, 4) is 0 Å². The summed E-state index contributed by atoms with van der Waals surface area (Å²) in [5, 5.41) is 2.67.